The van der Waals surface area contributed by atoms with Crippen LogP contribution in [0.4, 0.5) is 0 Å². The highest BCUT2D eigenvalue weighted by Gasteiger charge is 2.46. The second-order valence-electron chi connectivity index (χ2n) is 6.32. The summed E-state index contributed by atoms with van der Waals surface area (Å²) in [4.78, 5) is 13.7. The van der Waals surface area contributed by atoms with Gasteiger partial charge in [-0.15, -0.1) is 0 Å². The highest BCUT2D eigenvalue weighted by Crippen LogP contribution is 2.46. The van der Waals surface area contributed by atoms with Gasteiger partial charge >= 0.3 is 5.97 Å². The maximum absolute atomic E-state index is 11.2. The lowest BCUT2D eigenvalue weighted by Gasteiger charge is -2.43. The molecule has 0 aliphatic carbocycles. The molecule has 2 aliphatic heterocycles. The van der Waals surface area contributed by atoms with Crippen LogP contribution in [0.3, 0.4) is 0 Å². The van der Waals surface area contributed by atoms with E-state index in [2.05, 4.69) is 24.1 Å². The monoisotopic (exact) mass is 307 g/mol. The number of rotatable bonds is 3. The Balaban J connectivity index is 1.85. The zero-order valence-corrected chi connectivity index (χ0v) is 13.3. The van der Waals surface area contributed by atoms with Crippen LogP contribution < -0.4 is 0 Å². The molecular weight excluding hydrogens is 286 g/mol. The molecule has 2 heterocycles. The number of piperidine rings is 1. The van der Waals surface area contributed by atoms with Crippen LogP contribution in [0.25, 0.3) is 0 Å². The van der Waals surface area contributed by atoms with Crippen LogP contribution in [0.5, 0.6) is 0 Å². The fraction of sp³-hybridized carbons (Fsp3) is 0.588. The lowest BCUT2D eigenvalue weighted by atomic mass is 9.76. The molecule has 1 aromatic carbocycles. The number of carbonyl (C=O) groups is 1. The molecule has 3 unspecified atom stereocenters. The Bertz CT molecular complexity index is 516. The molecule has 2 bridgehead atoms. The third-order valence-corrected chi connectivity index (χ3v) is 5.46. The lowest BCUT2D eigenvalue weighted by Crippen LogP contribution is -2.47. The minimum absolute atomic E-state index is 0.187. The van der Waals surface area contributed by atoms with Gasteiger partial charge in [0, 0.05) is 29.9 Å². The van der Waals surface area contributed by atoms with Crippen molar-refractivity contribution in [2.45, 2.75) is 44.2 Å². The summed E-state index contributed by atoms with van der Waals surface area (Å²) in [6, 6.07) is 9.34. The summed E-state index contributed by atoms with van der Waals surface area (Å²) in [5, 5.41) is 0.770. The Morgan fingerprint density at radius 2 is 2.05 bits per heavy atom. The van der Waals surface area contributed by atoms with Crippen molar-refractivity contribution >= 4 is 17.6 Å². The molecule has 114 valence electrons. The normalized spacial score (nSPS) is 32.1. The molecule has 3 nitrogen and oxygen atoms in total. The second-order valence-corrected chi connectivity index (χ2v) is 6.76. The predicted octanol–water partition coefficient (Wildman–Crippen LogP) is 3.47. The fourth-order valence-corrected chi connectivity index (χ4v) is 4.24. The van der Waals surface area contributed by atoms with Gasteiger partial charge in [-0.1, -0.05) is 23.7 Å². The van der Waals surface area contributed by atoms with Gasteiger partial charge in [0.05, 0.1) is 6.61 Å². The van der Waals surface area contributed by atoms with Crippen molar-refractivity contribution in [2.75, 3.05) is 13.7 Å². The smallest absolute Gasteiger partial charge is 0.302 e. The van der Waals surface area contributed by atoms with Crippen LogP contribution in [0.1, 0.15) is 37.7 Å². The lowest BCUT2D eigenvalue weighted by molar-refractivity contribution is -0.143. The summed E-state index contributed by atoms with van der Waals surface area (Å²) in [6.07, 6.45) is 3.60. The molecular formula is C17H22ClNO2. The van der Waals surface area contributed by atoms with E-state index in [1.54, 1.807) is 0 Å². The van der Waals surface area contributed by atoms with E-state index >= 15 is 0 Å². The Morgan fingerprint density at radius 1 is 1.33 bits per heavy atom. The Morgan fingerprint density at radius 3 is 2.71 bits per heavy atom. The van der Waals surface area contributed by atoms with E-state index in [9.17, 15) is 4.79 Å². The van der Waals surface area contributed by atoms with Crippen LogP contribution >= 0.6 is 11.6 Å². The number of halogens is 1. The molecule has 0 saturated carbocycles. The SMILES string of the molecule is CC(=O)OC[C@H]1C(c2ccc(Cl)cc2)CC2CCC1N2C. The summed E-state index contributed by atoms with van der Waals surface area (Å²) in [5.74, 6) is 0.641. The quantitative estimate of drug-likeness (QED) is 0.801. The van der Waals surface area contributed by atoms with Gasteiger partial charge in [-0.2, -0.15) is 0 Å². The van der Waals surface area contributed by atoms with Gasteiger partial charge in [-0.3, -0.25) is 4.79 Å². The van der Waals surface area contributed by atoms with E-state index in [0.717, 1.165) is 11.4 Å². The van der Waals surface area contributed by atoms with Gasteiger partial charge < -0.3 is 9.64 Å². The minimum atomic E-state index is -0.187. The van der Waals surface area contributed by atoms with Crippen molar-refractivity contribution in [1.29, 1.82) is 0 Å². The van der Waals surface area contributed by atoms with E-state index in [1.807, 2.05) is 12.1 Å². The molecule has 2 fully saturated rings. The van der Waals surface area contributed by atoms with E-state index in [4.69, 9.17) is 16.3 Å². The second kappa shape index (κ2) is 5.98. The highest BCUT2D eigenvalue weighted by molar-refractivity contribution is 6.30. The zero-order valence-electron chi connectivity index (χ0n) is 12.6. The minimum Gasteiger partial charge on any atom is -0.465 e. The topological polar surface area (TPSA) is 29.5 Å². The summed E-state index contributed by atoms with van der Waals surface area (Å²) >= 11 is 6.00. The first-order valence-corrected chi connectivity index (χ1v) is 8.05. The van der Waals surface area contributed by atoms with E-state index in [0.29, 0.717) is 30.5 Å². The number of hydrogen-bond donors (Lipinski definition) is 0. The first-order chi connectivity index (χ1) is 10.1. The number of nitrogens with zero attached hydrogens (tertiary/aromatic N) is 1. The van der Waals surface area contributed by atoms with Gasteiger partial charge in [-0.05, 0) is 49.9 Å². The molecule has 0 aromatic heterocycles. The van der Waals surface area contributed by atoms with Crippen LogP contribution in [0.2, 0.25) is 5.02 Å². The van der Waals surface area contributed by atoms with E-state index in [-0.39, 0.29) is 5.97 Å². The Labute approximate surface area is 131 Å². The highest BCUT2D eigenvalue weighted by atomic mass is 35.5. The first kappa shape index (κ1) is 14.9. The Hall–Kier alpha value is -1.06. The number of benzene rings is 1. The summed E-state index contributed by atoms with van der Waals surface area (Å²) < 4.78 is 5.36. The number of carbonyl (C=O) groups excluding carboxylic acids is 1. The summed E-state index contributed by atoms with van der Waals surface area (Å²) in [6.45, 7) is 2.01. The first-order valence-electron chi connectivity index (χ1n) is 7.67. The molecule has 0 N–H and O–H groups in total. The van der Waals surface area contributed by atoms with E-state index in [1.165, 1.54) is 25.3 Å². The van der Waals surface area contributed by atoms with Gasteiger partial charge in [0.2, 0.25) is 0 Å². The third kappa shape index (κ3) is 2.95. The van der Waals surface area contributed by atoms with Crippen LogP contribution in [0, 0.1) is 5.92 Å². The third-order valence-electron chi connectivity index (χ3n) is 5.21. The molecule has 0 amide bonds. The van der Waals surface area contributed by atoms with Crippen molar-refractivity contribution in [1.82, 2.24) is 4.90 Å². The molecule has 2 saturated heterocycles. The summed E-state index contributed by atoms with van der Waals surface area (Å²) in [5.41, 5.74) is 1.32. The van der Waals surface area contributed by atoms with Gasteiger partial charge in [0.15, 0.2) is 0 Å². The van der Waals surface area contributed by atoms with Gasteiger partial charge in [0.25, 0.3) is 0 Å². The maximum Gasteiger partial charge on any atom is 0.302 e. The molecule has 4 atom stereocenters. The molecule has 4 heteroatoms. The van der Waals surface area contributed by atoms with Crippen molar-refractivity contribution in [3.8, 4) is 0 Å². The van der Waals surface area contributed by atoms with Gasteiger partial charge in [0.1, 0.15) is 0 Å². The molecule has 0 radical (unpaired) electrons. The average Bonchev–Trinajstić information content (AvgIpc) is 2.70. The molecule has 1 aromatic rings. The predicted molar refractivity (Wildman–Crippen MR) is 83.5 cm³/mol. The van der Waals surface area contributed by atoms with Crippen LogP contribution in [0.15, 0.2) is 24.3 Å². The zero-order chi connectivity index (χ0) is 15.0. The average molecular weight is 308 g/mol. The van der Waals surface area contributed by atoms with Crippen molar-refractivity contribution in [2.24, 2.45) is 5.92 Å². The van der Waals surface area contributed by atoms with Crippen LogP contribution in [-0.4, -0.2) is 36.6 Å². The molecule has 3 rings (SSSR count). The van der Waals surface area contributed by atoms with Crippen LogP contribution in [-0.2, 0) is 9.53 Å². The van der Waals surface area contributed by atoms with Crippen molar-refractivity contribution in [3.63, 3.8) is 0 Å². The maximum atomic E-state index is 11.2. The van der Waals surface area contributed by atoms with Crippen molar-refractivity contribution in [3.05, 3.63) is 34.9 Å². The molecule has 2 aliphatic rings. The Kier molecular flexibility index (Phi) is 4.23. The van der Waals surface area contributed by atoms with Crippen molar-refractivity contribution < 1.29 is 9.53 Å². The molecule has 21 heavy (non-hydrogen) atoms. The number of ether oxygens (including phenoxy) is 1. The fourth-order valence-electron chi connectivity index (χ4n) is 4.11. The standard InChI is InChI=1S/C17H22ClNO2/c1-11(20)21-10-16-15(12-3-5-13(18)6-4-12)9-14-7-8-17(16)19(14)2/h3-6,14-17H,7-10H2,1-2H3/t14?,15?,16-,17?/m0/s1. The number of fused-ring (bicyclic) bond motifs is 2. The number of esters is 1. The van der Waals surface area contributed by atoms with Gasteiger partial charge in [-0.25, -0.2) is 0 Å². The van der Waals surface area contributed by atoms with E-state index < -0.39 is 0 Å². The number of hydrogen-bond acceptors (Lipinski definition) is 3. The summed E-state index contributed by atoms with van der Waals surface area (Å²) in [7, 11) is 2.21. The largest absolute Gasteiger partial charge is 0.465 e. The molecule has 0 spiro atoms.